The van der Waals surface area contributed by atoms with E-state index in [1.54, 1.807) is 12.1 Å². The Kier molecular flexibility index (Phi) is 8.31. The first-order valence-corrected chi connectivity index (χ1v) is 14.2. The number of benzene rings is 2. The predicted octanol–water partition coefficient (Wildman–Crippen LogP) is 5.71. The van der Waals surface area contributed by atoms with Gasteiger partial charge in [-0.2, -0.15) is 0 Å². The van der Waals surface area contributed by atoms with Crippen molar-refractivity contribution in [2.45, 2.75) is 69.9 Å². The van der Waals surface area contributed by atoms with Crippen LogP contribution in [0.25, 0.3) is 0 Å². The number of likely N-dealkylation sites (tertiary alicyclic amines) is 2. The first-order chi connectivity index (χ1) is 18.7. The van der Waals surface area contributed by atoms with Crippen LogP contribution < -0.4 is 5.32 Å². The Labute approximate surface area is 228 Å². The van der Waals surface area contributed by atoms with E-state index in [1.165, 1.54) is 12.1 Å². The molecule has 1 N–H and O–H groups in total. The van der Waals surface area contributed by atoms with Crippen LogP contribution in [-0.4, -0.2) is 53.7 Å². The fourth-order valence-electron chi connectivity index (χ4n) is 6.43. The standard InChI is InChI=1S/C31H38F3N3O2/c32-26-8-6-23(7-9-26)21-37-22-30(20-28(37)38)15-18-36(19-16-30)17-12-27(24-4-2-1-3-5-24)35-29(39)25-10-13-31(33,34)14-11-25/h1-9,25,27H,10-22H2,(H,35,39)/t27-/m0/s1. The predicted molar refractivity (Wildman–Crippen MR) is 143 cm³/mol. The Morgan fingerprint density at radius 1 is 0.974 bits per heavy atom. The number of rotatable bonds is 8. The lowest BCUT2D eigenvalue weighted by molar-refractivity contribution is -0.130. The van der Waals surface area contributed by atoms with Crippen LogP contribution in [0.5, 0.6) is 0 Å². The molecule has 8 heteroatoms. The van der Waals surface area contributed by atoms with Gasteiger partial charge in [0, 0.05) is 44.8 Å². The zero-order valence-electron chi connectivity index (χ0n) is 22.4. The lowest BCUT2D eigenvalue weighted by Gasteiger charge is -2.39. The molecular weight excluding hydrogens is 503 g/mol. The van der Waals surface area contributed by atoms with Gasteiger partial charge in [-0.15, -0.1) is 0 Å². The maximum absolute atomic E-state index is 13.6. The fraction of sp³-hybridized carbons (Fsp3) is 0.548. The Balaban J connectivity index is 1.13. The number of alkyl halides is 2. The molecule has 2 aromatic rings. The van der Waals surface area contributed by atoms with Crippen LogP contribution in [0, 0.1) is 17.2 Å². The molecule has 2 saturated heterocycles. The Bertz CT molecular complexity index is 1120. The number of amides is 2. The van der Waals surface area contributed by atoms with E-state index in [1.807, 2.05) is 35.2 Å². The second kappa shape index (κ2) is 11.7. The number of nitrogens with zero attached hydrogens (tertiary/aromatic N) is 2. The van der Waals surface area contributed by atoms with Crippen LogP contribution in [0.2, 0.25) is 0 Å². The highest BCUT2D eigenvalue weighted by molar-refractivity contribution is 5.80. The molecule has 39 heavy (non-hydrogen) atoms. The van der Waals surface area contributed by atoms with Crippen molar-refractivity contribution in [1.29, 1.82) is 0 Å². The van der Waals surface area contributed by atoms with Gasteiger partial charge in [0.05, 0.1) is 6.04 Å². The molecule has 2 aromatic carbocycles. The van der Waals surface area contributed by atoms with Crippen molar-refractivity contribution in [3.63, 3.8) is 0 Å². The lowest BCUT2D eigenvalue weighted by atomic mass is 9.77. The van der Waals surface area contributed by atoms with E-state index in [4.69, 9.17) is 0 Å². The van der Waals surface area contributed by atoms with Gasteiger partial charge in [-0.3, -0.25) is 9.59 Å². The molecule has 1 aliphatic carbocycles. The first kappa shape index (κ1) is 27.7. The largest absolute Gasteiger partial charge is 0.349 e. The molecule has 1 atom stereocenters. The number of halogens is 3. The number of carbonyl (C=O) groups excluding carboxylic acids is 2. The molecule has 2 heterocycles. The third-order valence-electron chi connectivity index (χ3n) is 8.95. The van der Waals surface area contributed by atoms with Gasteiger partial charge in [-0.1, -0.05) is 42.5 Å². The summed E-state index contributed by atoms with van der Waals surface area (Å²) in [6, 6.07) is 16.0. The van der Waals surface area contributed by atoms with Crippen molar-refractivity contribution in [3.05, 3.63) is 71.5 Å². The lowest BCUT2D eigenvalue weighted by Crippen LogP contribution is -2.43. The van der Waals surface area contributed by atoms with Gasteiger partial charge in [0.1, 0.15) is 5.82 Å². The van der Waals surface area contributed by atoms with E-state index in [2.05, 4.69) is 10.2 Å². The molecule has 5 nitrogen and oxygen atoms in total. The van der Waals surface area contributed by atoms with E-state index < -0.39 is 5.92 Å². The minimum Gasteiger partial charge on any atom is -0.349 e. The molecule has 2 aliphatic heterocycles. The van der Waals surface area contributed by atoms with Crippen molar-refractivity contribution in [1.82, 2.24) is 15.1 Å². The van der Waals surface area contributed by atoms with Gasteiger partial charge >= 0.3 is 0 Å². The topological polar surface area (TPSA) is 52.7 Å². The highest BCUT2D eigenvalue weighted by Gasteiger charge is 2.44. The number of nitrogens with one attached hydrogen (secondary N) is 1. The molecule has 210 valence electrons. The summed E-state index contributed by atoms with van der Waals surface area (Å²) in [5, 5.41) is 3.17. The summed E-state index contributed by atoms with van der Waals surface area (Å²) in [4.78, 5) is 30.1. The summed E-state index contributed by atoms with van der Waals surface area (Å²) in [5.74, 6) is -3.24. The summed E-state index contributed by atoms with van der Waals surface area (Å²) < 4.78 is 40.4. The second-order valence-corrected chi connectivity index (χ2v) is 11.8. The number of hydrogen-bond donors (Lipinski definition) is 1. The number of carbonyl (C=O) groups is 2. The average Bonchev–Trinajstić information content (AvgIpc) is 3.23. The maximum atomic E-state index is 13.6. The molecule has 3 aliphatic rings. The molecular formula is C31H38F3N3O2. The van der Waals surface area contributed by atoms with Crippen molar-refractivity contribution >= 4 is 11.8 Å². The summed E-state index contributed by atoms with van der Waals surface area (Å²) in [6.07, 6.45) is 3.19. The Hall–Kier alpha value is -2.87. The van der Waals surface area contributed by atoms with Crippen LogP contribution in [0.3, 0.4) is 0 Å². The van der Waals surface area contributed by atoms with E-state index in [9.17, 15) is 22.8 Å². The van der Waals surface area contributed by atoms with Gasteiger partial charge in [0.15, 0.2) is 0 Å². The van der Waals surface area contributed by atoms with Gasteiger partial charge in [0.2, 0.25) is 17.7 Å². The minimum atomic E-state index is -2.65. The van der Waals surface area contributed by atoms with Crippen molar-refractivity contribution in [2.24, 2.45) is 11.3 Å². The van der Waals surface area contributed by atoms with Crippen LogP contribution in [0.1, 0.15) is 68.5 Å². The zero-order chi connectivity index (χ0) is 27.5. The van der Waals surface area contributed by atoms with E-state index in [-0.39, 0.29) is 60.7 Å². The van der Waals surface area contributed by atoms with E-state index in [0.717, 1.165) is 56.6 Å². The summed E-state index contributed by atoms with van der Waals surface area (Å²) in [7, 11) is 0. The summed E-state index contributed by atoms with van der Waals surface area (Å²) in [5.41, 5.74) is 1.96. The quantitative estimate of drug-likeness (QED) is 0.466. The third-order valence-corrected chi connectivity index (χ3v) is 8.95. The molecule has 1 saturated carbocycles. The van der Waals surface area contributed by atoms with Gasteiger partial charge in [-0.05, 0) is 73.9 Å². The Morgan fingerprint density at radius 2 is 1.64 bits per heavy atom. The normalized spacial score (nSPS) is 22.2. The smallest absolute Gasteiger partial charge is 0.248 e. The van der Waals surface area contributed by atoms with Crippen molar-refractivity contribution in [3.8, 4) is 0 Å². The Morgan fingerprint density at radius 3 is 2.31 bits per heavy atom. The molecule has 5 rings (SSSR count). The van der Waals surface area contributed by atoms with Crippen LogP contribution in [0.4, 0.5) is 13.2 Å². The first-order valence-electron chi connectivity index (χ1n) is 14.2. The SMILES string of the molecule is O=C(N[C@@H](CCN1CCC2(CC1)CC(=O)N(Cc1ccc(F)cc1)C2)c1ccccc1)C1CCC(F)(F)CC1. The summed E-state index contributed by atoms with van der Waals surface area (Å²) >= 11 is 0. The molecule has 2 amide bonds. The third kappa shape index (κ3) is 7.02. The highest BCUT2D eigenvalue weighted by atomic mass is 19.3. The maximum Gasteiger partial charge on any atom is 0.248 e. The summed E-state index contributed by atoms with van der Waals surface area (Å²) in [6.45, 7) is 3.85. The highest BCUT2D eigenvalue weighted by Crippen LogP contribution is 2.42. The van der Waals surface area contributed by atoms with E-state index >= 15 is 0 Å². The molecule has 0 radical (unpaired) electrons. The van der Waals surface area contributed by atoms with Gasteiger partial charge in [0.25, 0.3) is 0 Å². The molecule has 3 fully saturated rings. The van der Waals surface area contributed by atoms with Crippen LogP contribution in [-0.2, 0) is 16.1 Å². The monoisotopic (exact) mass is 541 g/mol. The molecule has 0 unspecified atom stereocenters. The molecule has 0 bridgehead atoms. The average molecular weight is 542 g/mol. The number of hydrogen-bond acceptors (Lipinski definition) is 3. The zero-order valence-corrected chi connectivity index (χ0v) is 22.4. The molecule has 0 aromatic heterocycles. The van der Waals surface area contributed by atoms with Crippen LogP contribution >= 0.6 is 0 Å². The van der Waals surface area contributed by atoms with Gasteiger partial charge in [-0.25, -0.2) is 13.2 Å². The van der Waals surface area contributed by atoms with E-state index in [0.29, 0.717) is 13.0 Å². The fourth-order valence-corrected chi connectivity index (χ4v) is 6.43. The minimum absolute atomic E-state index is 0.0102. The number of piperidine rings is 1. The molecule has 1 spiro atoms. The van der Waals surface area contributed by atoms with Gasteiger partial charge < -0.3 is 15.1 Å². The van der Waals surface area contributed by atoms with Crippen molar-refractivity contribution in [2.75, 3.05) is 26.2 Å². The second-order valence-electron chi connectivity index (χ2n) is 11.8. The van der Waals surface area contributed by atoms with Crippen molar-refractivity contribution < 1.29 is 22.8 Å². The van der Waals surface area contributed by atoms with Crippen LogP contribution in [0.15, 0.2) is 54.6 Å².